The van der Waals surface area contributed by atoms with E-state index in [1.807, 2.05) is 50.3 Å². The summed E-state index contributed by atoms with van der Waals surface area (Å²) in [6.45, 7) is 5.09. The van der Waals surface area contributed by atoms with Gasteiger partial charge in [-0.05, 0) is 26.0 Å². The molecule has 1 aromatic heterocycles. The number of carbonyl (C=O) groups is 1. The first kappa shape index (κ1) is 20.3. The van der Waals surface area contributed by atoms with Gasteiger partial charge in [0.25, 0.3) is 0 Å². The zero-order valence-corrected chi connectivity index (χ0v) is 16.3. The molecule has 0 N–H and O–H groups in total. The second kappa shape index (κ2) is 10.8. The largest absolute Gasteiger partial charge is 0.468 e. The quantitative estimate of drug-likeness (QED) is 0.354. The summed E-state index contributed by atoms with van der Waals surface area (Å²) in [6.07, 6.45) is 2.75. The van der Waals surface area contributed by atoms with Crippen LogP contribution in [0.4, 0.5) is 0 Å². The highest BCUT2D eigenvalue weighted by Crippen LogP contribution is 2.21. The van der Waals surface area contributed by atoms with E-state index in [-0.39, 0.29) is 5.97 Å². The van der Waals surface area contributed by atoms with E-state index in [1.165, 1.54) is 24.4 Å². The number of oxazole rings is 1. The van der Waals surface area contributed by atoms with Gasteiger partial charge >= 0.3 is 5.97 Å². The van der Waals surface area contributed by atoms with Gasteiger partial charge in [0, 0.05) is 17.7 Å². The summed E-state index contributed by atoms with van der Waals surface area (Å²) in [6, 6.07) is 9.87. The van der Waals surface area contributed by atoms with E-state index in [0.29, 0.717) is 31.3 Å². The highest BCUT2D eigenvalue weighted by Gasteiger charge is 2.10. The maximum Gasteiger partial charge on any atom is 0.315 e. The van der Waals surface area contributed by atoms with Crippen molar-refractivity contribution in [2.24, 2.45) is 0 Å². The molecule has 0 bridgehead atoms. The van der Waals surface area contributed by atoms with Crippen molar-refractivity contribution in [2.75, 3.05) is 31.8 Å². The number of ether oxygens (including phenoxy) is 2. The minimum Gasteiger partial charge on any atom is -0.468 e. The molecule has 0 radical (unpaired) electrons. The van der Waals surface area contributed by atoms with Gasteiger partial charge in [-0.15, -0.1) is 11.8 Å². The summed E-state index contributed by atoms with van der Waals surface area (Å²) in [4.78, 5) is 15.6. The van der Waals surface area contributed by atoms with Crippen molar-refractivity contribution in [2.45, 2.75) is 20.3 Å². The molecular formula is C20H25NO4S. The number of benzene rings is 1. The smallest absolute Gasteiger partial charge is 0.315 e. The fourth-order valence-electron chi connectivity index (χ4n) is 2.23. The van der Waals surface area contributed by atoms with Crippen LogP contribution in [0, 0.1) is 6.92 Å². The standard InChI is InChI=1S/C20H25NO4S/c1-15(13-26-14-19(22)23-3)9-11-24-12-10-18-16(2)25-20(21-18)17-7-5-4-6-8-17/h4-9H,10-14H2,1-3H3. The molecule has 6 heteroatoms. The minimum absolute atomic E-state index is 0.197. The van der Waals surface area contributed by atoms with E-state index in [2.05, 4.69) is 9.72 Å². The van der Waals surface area contributed by atoms with Gasteiger partial charge in [0.2, 0.25) is 5.89 Å². The van der Waals surface area contributed by atoms with Crippen molar-refractivity contribution < 1.29 is 18.7 Å². The number of hydrogen-bond donors (Lipinski definition) is 0. The molecule has 0 aliphatic rings. The van der Waals surface area contributed by atoms with Gasteiger partial charge in [-0.3, -0.25) is 4.79 Å². The molecule has 0 amide bonds. The highest BCUT2D eigenvalue weighted by molar-refractivity contribution is 8.00. The lowest BCUT2D eigenvalue weighted by Gasteiger charge is -2.03. The Morgan fingerprint density at radius 2 is 2.04 bits per heavy atom. The molecule has 0 fully saturated rings. The van der Waals surface area contributed by atoms with E-state index >= 15 is 0 Å². The van der Waals surface area contributed by atoms with E-state index in [1.54, 1.807) is 0 Å². The number of nitrogens with zero attached hydrogens (tertiary/aromatic N) is 1. The van der Waals surface area contributed by atoms with Crippen LogP contribution in [0.25, 0.3) is 11.5 Å². The Bertz CT molecular complexity index is 725. The molecule has 26 heavy (non-hydrogen) atoms. The third-order valence-corrected chi connectivity index (χ3v) is 4.82. The number of methoxy groups -OCH3 is 1. The molecule has 0 saturated carbocycles. The van der Waals surface area contributed by atoms with Gasteiger partial charge in [0.1, 0.15) is 5.76 Å². The molecule has 0 spiro atoms. The third kappa shape index (κ3) is 6.69. The normalized spacial score (nSPS) is 11.6. The molecular weight excluding hydrogens is 350 g/mol. The average molecular weight is 375 g/mol. The molecule has 0 unspecified atom stereocenters. The Hall–Kier alpha value is -2.05. The fraction of sp³-hybridized carbons (Fsp3) is 0.400. The van der Waals surface area contributed by atoms with Crippen LogP contribution in [0.15, 0.2) is 46.4 Å². The van der Waals surface area contributed by atoms with Gasteiger partial charge in [-0.1, -0.05) is 29.8 Å². The van der Waals surface area contributed by atoms with Crippen LogP contribution >= 0.6 is 11.8 Å². The number of aromatic nitrogens is 1. The molecule has 1 aromatic carbocycles. The van der Waals surface area contributed by atoms with Crippen LogP contribution in [0.3, 0.4) is 0 Å². The van der Waals surface area contributed by atoms with Crippen LogP contribution in [0.1, 0.15) is 18.4 Å². The number of rotatable bonds is 10. The minimum atomic E-state index is -0.197. The van der Waals surface area contributed by atoms with Gasteiger partial charge in [-0.2, -0.15) is 0 Å². The van der Waals surface area contributed by atoms with Crippen LogP contribution in [0.2, 0.25) is 0 Å². The van der Waals surface area contributed by atoms with Crippen molar-refractivity contribution in [1.29, 1.82) is 0 Å². The second-order valence-electron chi connectivity index (χ2n) is 5.83. The van der Waals surface area contributed by atoms with Crippen molar-refractivity contribution >= 4 is 17.7 Å². The first-order valence-electron chi connectivity index (χ1n) is 8.49. The summed E-state index contributed by atoms with van der Waals surface area (Å²) in [5.41, 5.74) is 3.09. The van der Waals surface area contributed by atoms with Gasteiger partial charge < -0.3 is 13.9 Å². The SMILES string of the molecule is COC(=O)CSCC(C)=CCOCCc1nc(-c2ccccc2)oc1C. The lowest BCUT2D eigenvalue weighted by atomic mass is 10.2. The Balaban J connectivity index is 1.71. The highest BCUT2D eigenvalue weighted by atomic mass is 32.2. The fourth-order valence-corrected chi connectivity index (χ4v) is 3.06. The Labute approximate surface area is 158 Å². The first-order chi connectivity index (χ1) is 12.6. The van der Waals surface area contributed by atoms with Crippen molar-refractivity contribution in [3.8, 4) is 11.5 Å². The maximum absolute atomic E-state index is 11.0. The number of hydrogen-bond acceptors (Lipinski definition) is 6. The summed E-state index contributed by atoms with van der Waals surface area (Å²) >= 11 is 1.54. The Morgan fingerprint density at radius 1 is 1.27 bits per heavy atom. The number of thioether (sulfide) groups is 1. The number of aryl methyl sites for hydroxylation is 1. The topological polar surface area (TPSA) is 61.6 Å². The molecule has 0 atom stereocenters. The predicted octanol–water partition coefficient (Wildman–Crippen LogP) is 4.06. The summed E-state index contributed by atoms with van der Waals surface area (Å²) in [7, 11) is 1.40. The Kier molecular flexibility index (Phi) is 8.44. The predicted molar refractivity (Wildman–Crippen MR) is 104 cm³/mol. The monoisotopic (exact) mass is 375 g/mol. The third-order valence-electron chi connectivity index (χ3n) is 3.72. The lowest BCUT2D eigenvalue weighted by molar-refractivity contribution is -0.137. The zero-order valence-electron chi connectivity index (χ0n) is 15.5. The lowest BCUT2D eigenvalue weighted by Crippen LogP contribution is -2.04. The average Bonchev–Trinajstić information content (AvgIpc) is 3.03. The number of carbonyl (C=O) groups excluding carboxylic acids is 1. The van der Waals surface area contributed by atoms with Crippen molar-refractivity contribution in [1.82, 2.24) is 4.98 Å². The molecule has 140 valence electrons. The van der Waals surface area contributed by atoms with E-state index in [0.717, 1.165) is 22.8 Å². The van der Waals surface area contributed by atoms with Crippen molar-refractivity contribution in [3.05, 3.63) is 53.4 Å². The van der Waals surface area contributed by atoms with Crippen molar-refractivity contribution in [3.63, 3.8) is 0 Å². The van der Waals surface area contributed by atoms with Crippen LogP contribution in [0.5, 0.6) is 0 Å². The molecule has 1 heterocycles. The zero-order chi connectivity index (χ0) is 18.8. The molecule has 2 aromatic rings. The molecule has 5 nitrogen and oxygen atoms in total. The summed E-state index contributed by atoms with van der Waals surface area (Å²) < 4.78 is 16.0. The van der Waals surface area contributed by atoms with Crippen LogP contribution in [-0.2, 0) is 20.7 Å². The first-order valence-corrected chi connectivity index (χ1v) is 9.65. The molecule has 2 rings (SSSR count). The van der Waals surface area contributed by atoms with Crippen LogP contribution in [-0.4, -0.2) is 42.8 Å². The Morgan fingerprint density at radius 3 is 2.77 bits per heavy atom. The van der Waals surface area contributed by atoms with Gasteiger partial charge in [0.15, 0.2) is 0 Å². The van der Waals surface area contributed by atoms with Gasteiger partial charge in [-0.25, -0.2) is 4.98 Å². The molecule has 0 saturated heterocycles. The molecule has 0 aliphatic carbocycles. The second-order valence-corrected chi connectivity index (χ2v) is 6.82. The van der Waals surface area contributed by atoms with Crippen LogP contribution < -0.4 is 0 Å². The summed E-state index contributed by atoms with van der Waals surface area (Å²) in [5, 5.41) is 0. The summed E-state index contributed by atoms with van der Waals surface area (Å²) in [5.74, 6) is 2.45. The maximum atomic E-state index is 11.0. The number of esters is 1. The van der Waals surface area contributed by atoms with Gasteiger partial charge in [0.05, 0.1) is 31.8 Å². The molecule has 0 aliphatic heterocycles. The van der Waals surface area contributed by atoms with E-state index in [9.17, 15) is 4.79 Å². The van der Waals surface area contributed by atoms with E-state index < -0.39 is 0 Å². The van der Waals surface area contributed by atoms with E-state index in [4.69, 9.17) is 9.15 Å².